The Morgan fingerprint density at radius 1 is 1.55 bits per heavy atom. The first-order valence-electron chi connectivity index (χ1n) is 6.74. The minimum absolute atomic E-state index is 0.193. The van der Waals surface area contributed by atoms with Crippen LogP contribution in [0.4, 0.5) is 15.3 Å². The van der Waals surface area contributed by atoms with Crippen molar-refractivity contribution >= 4 is 28.8 Å². The van der Waals surface area contributed by atoms with Crippen molar-refractivity contribution in [1.29, 1.82) is 0 Å². The third-order valence-electron chi connectivity index (χ3n) is 3.48. The van der Waals surface area contributed by atoms with Gasteiger partial charge in [0.05, 0.1) is 31.6 Å². The van der Waals surface area contributed by atoms with Gasteiger partial charge in [0.15, 0.2) is 5.58 Å². The fourth-order valence-corrected chi connectivity index (χ4v) is 2.33. The van der Waals surface area contributed by atoms with Crippen molar-refractivity contribution in [2.75, 3.05) is 25.1 Å². The summed E-state index contributed by atoms with van der Waals surface area (Å²) < 4.78 is 14.9. The number of anilines is 1. The molecule has 116 valence electrons. The maximum absolute atomic E-state index is 12.0. The second-order valence-corrected chi connectivity index (χ2v) is 4.94. The predicted molar refractivity (Wildman–Crippen MR) is 76.8 cm³/mol. The van der Waals surface area contributed by atoms with Gasteiger partial charge in [-0.15, -0.1) is 0 Å². The van der Waals surface area contributed by atoms with Crippen molar-refractivity contribution in [1.82, 2.24) is 10.5 Å². The van der Waals surface area contributed by atoms with Gasteiger partial charge in [-0.05, 0) is 19.1 Å². The van der Waals surface area contributed by atoms with Crippen LogP contribution in [0, 0.1) is 6.92 Å². The van der Waals surface area contributed by atoms with Crippen LogP contribution in [0.5, 0.6) is 0 Å². The molecular weight excluding hydrogens is 290 g/mol. The summed E-state index contributed by atoms with van der Waals surface area (Å²) in [6.07, 6.45) is -1.46. The summed E-state index contributed by atoms with van der Waals surface area (Å²) in [6.45, 7) is 2.38. The minimum Gasteiger partial charge on any atom is -0.453 e. The molecular formula is C14H15N3O5. The molecule has 2 amide bonds. The zero-order valence-electron chi connectivity index (χ0n) is 12.2. The molecule has 0 spiro atoms. The fraction of sp³-hybridized carbons (Fsp3) is 0.357. The Hall–Kier alpha value is -2.77. The summed E-state index contributed by atoms with van der Waals surface area (Å²) in [5.41, 5.74) is 2.07. The summed E-state index contributed by atoms with van der Waals surface area (Å²) in [5.74, 6) is 0. The van der Waals surface area contributed by atoms with E-state index in [0.717, 1.165) is 11.1 Å². The molecule has 1 saturated heterocycles. The standard InChI is InChI=1S/C14H15N3O5/c1-8-11-4-3-9(5-12(11)22-16-8)17-7-10(21-14(17)19)6-15-13(18)20-2/h3-5,10H,6-7H2,1-2H3,(H,15,18)/t10-/m0/s1. The number of methoxy groups -OCH3 is 1. The van der Waals surface area contributed by atoms with Crippen LogP contribution in [0.15, 0.2) is 22.7 Å². The first-order chi connectivity index (χ1) is 10.6. The van der Waals surface area contributed by atoms with E-state index in [0.29, 0.717) is 17.8 Å². The molecule has 2 heterocycles. The summed E-state index contributed by atoms with van der Waals surface area (Å²) in [5, 5.41) is 7.29. The van der Waals surface area contributed by atoms with Gasteiger partial charge in [0.2, 0.25) is 0 Å². The lowest BCUT2D eigenvalue weighted by atomic mass is 10.2. The average molecular weight is 305 g/mol. The van der Waals surface area contributed by atoms with Gasteiger partial charge in [-0.3, -0.25) is 4.90 Å². The summed E-state index contributed by atoms with van der Waals surface area (Å²) in [7, 11) is 1.27. The largest absolute Gasteiger partial charge is 0.453 e. The first-order valence-corrected chi connectivity index (χ1v) is 6.74. The molecule has 0 saturated carbocycles. The Bertz CT molecular complexity index is 726. The number of hydrogen-bond acceptors (Lipinski definition) is 6. The van der Waals surface area contributed by atoms with Crippen molar-refractivity contribution in [2.24, 2.45) is 0 Å². The van der Waals surface area contributed by atoms with E-state index in [2.05, 4.69) is 15.2 Å². The quantitative estimate of drug-likeness (QED) is 0.929. The number of amides is 2. The normalized spacial score (nSPS) is 17.6. The summed E-state index contributed by atoms with van der Waals surface area (Å²) >= 11 is 0. The number of hydrogen-bond donors (Lipinski definition) is 1. The molecule has 8 nitrogen and oxygen atoms in total. The molecule has 8 heteroatoms. The van der Waals surface area contributed by atoms with E-state index in [4.69, 9.17) is 9.26 Å². The van der Waals surface area contributed by atoms with Crippen LogP contribution >= 0.6 is 0 Å². The zero-order chi connectivity index (χ0) is 15.7. The topological polar surface area (TPSA) is 93.9 Å². The number of carbonyl (C=O) groups excluding carboxylic acids is 2. The molecule has 1 atom stereocenters. The van der Waals surface area contributed by atoms with Crippen LogP contribution in [0.1, 0.15) is 5.69 Å². The van der Waals surface area contributed by atoms with Crippen molar-refractivity contribution in [3.8, 4) is 0 Å². The van der Waals surface area contributed by atoms with E-state index in [-0.39, 0.29) is 6.54 Å². The highest BCUT2D eigenvalue weighted by Gasteiger charge is 2.32. The van der Waals surface area contributed by atoms with Crippen molar-refractivity contribution < 1.29 is 23.6 Å². The van der Waals surface area contributed by atoms with Gasteiger partial charge in [-0.2, -0.15) is 0 Å². The van der Waals surface area contributed by atoms with Crippen LogP contribution < -0.4 is 10.2 Å². The number of rotatable bonds is 3. The SMILES string of the molecule is COC(=O)NC[C@H]1CN(c2ccc3c(C)noc3c2)C(=O)O1. The van der Waals surface area contributed by atoms with Crippen LogP contribution in [0.2, 0.25) is 0 Å². The third-order valence-corrected chi connectivity index (χ3v) is 3.48. The van der Waals surface area contributed by atoms with Gasteiger partial charge in [0.1, 0.15) is 6.10 Å². The molecule has 1 aliphatic rings. The number of nitrogens with one attached hydrogen (secondary N) is 1. The number of alkyl carbamates (subject to hydrolysis) is 1. The van der Waals surface area contributed by atoms with Gasteiger partial charge >= 0.3 is 12.2 Å². The van der Waals surface area contributed by atoms with E-state index < -0.39 is 18.3 Å². The predicted octanol–water partition coefficient (Wildman–Crippen LogP) is 1.82. The lowest BCUT2D eigenvalue weighted by Crippen LogP contribution is -2.34. The van der Waals surface area contributed by atoms with Gasteiger partial charge in [0, 0.05) is 11.5 Å². The second-order valence-electron chi connectivity index (χ2n) is 4.94. The molecule has 0 radical (unpaired) electrons. The maximum atomic E-state index is 12.0. The number of aryl methyl sites for hydroxylation is 1. The second kappa shape index (κ2) is 5.55. The Balaban J connectivity index is 1.73. The monoisotopic (exact) mass is 305 g/mol. The Kier molecular flexibility index (Phi) is 3.58. The molecule has 1 N–H and O–H groups in total. The molecule has 2 aromatic rings. The maximum Gasteiger partial charge on any atom is 0.414 e. The number of benzene rings is 1. The third kappa shape index (κ3) is 2.54. The number of cyclic esters (lactones) is 1. The van der Waals surface area contributed by atoms with Crippen LogP contribution in [0.25, 0.3) is 11.0 Å². The number of fused-ring (bicyclic) bond motifs is 1. The van der Waals surface area contributed by atoms with Gasteiger partial charge in [0.25, 0.3) is 0 Å². The van der Waals surface area contributed by atoms with Gasteiger partial charge in [-0.25, -0.2) is 9.59 Å². The molecule has 3 rings (SSSR count). The number of carbonyl (C=O) groups is 2. The van der Waals surface area contributed by atoms with Crippen molar-refractivity contribution in [3.63, 3.8) is 0 Å². The zero-order valence-corrected chi connectivity index (χ0v) is 12.2. The molecule has 0 aliphatic carbocycles. The summed E-state index contributed by atoms with van der Waals surface area (Å²) in [6, 6.07) is 5.40. The average Bonchev–Trinajstić information content (AvgIpc) is 3.08. The lowest BCUT2D eigenvalue weighted by molar-refractivity contribution is 0.132. The van der Waals surface area contributed by atoms with Crippen LogP contribution in [-0.4, -0.2) is 43.6 Å². The Morgan fingerprint density at radius 2 is 2.36 bits per heavy atom. The molecule has 22 heavy (non-hydrogen) atoms. The van der Waals surface area contributed by atoms with Crippen LogP contribution in [0.3, 0.4) is 0 Å². The molecule has 1 aliphatic heterocycles. The smallest absolute Gasteiger partial charge is 0.414 e. The molecule has 0 unspecified atom stereocenters. The van der Waals surface area contributed by atoms with Gasteiger partial charge in [-0.1, -0.05) is 5.16 Å². The van der Waals surface area contributed by atoms with E-state index in [1.165, 1.54) is 12.0 Å². The molecule has 1 aromatic carbocycles. The lowest BCUT2D eigenvalue weighted by Gasteiger charge is -2.12. The summed E-state index contributed by atoms with van der Waals surface area (Å²) in [4.78, 5) is 24.5. The Labute approximate surface area is 125 Å². The fourth-order valence-electron chi connectivity index (χ4n) is 2.33. The molecule has 1 aromatic heterocycles. The van der Waals surface area contributed by atoms with E-state index in [1.807, 2.05) is 19.1 Å². The number of nitrogens with zero attached hydrogens (tertiary/aromatic N) is 2. The number of ether oxygens (including phenoxy) is 2. The number of aromatic nitrogens is 1. The first kappa shape index (κ1) is 14.2. The van der Waals surface area contributed by atoms with Crippen LogP contribution in [-0.2, 0) is 9.47 Å². The Morgan fingerprint density at radius 3 is 3.14 bits per heavy atom. The highest BCUT2D eigenvalue weighted by Crippen LogP contribution is 2.27. The van der Waals surface area contributed by atoms with Crippen molar-refractivity contribution in [3.05, 3.63) is 23.9 Å². The minimum atomic E-state index is -0.562. The van der Waals surface area contributed by atoms with E-state index in [1.54, 1.807) is 6.07 Å². The highest BCUT2D eigenvalue weighted by molar-refractivity contribution is 5.93. The highest BCUT2D eigenvalue weighted by atomic mass is 16.6. The van der Waals surface area contributed by atoms with E-state index in [9.17, 15) is 9.59 Å². The van der Waals surface area contributed by atoms with Crippen molar-refractivity contribution in [2.45, 2.75) is 13.0 Å². The van der Waals surface area contributed by atoms with E-state index >= 15 is 0 Å². The van der Waals surface area contributed by atoms with Gasteiger partial charge < -0.3 is 19.3 Å². The molecule has 0 bridgehead atoms. The molecule has 1 fully saturated rings.